The summed E-state index contributed by atoms with van der Waals surface area (Å²) in [5.74, 6) is -0.832. The van der Waals surface area contributed by atoms with Gasteiger partial charge in [0.25, 0.3) is 5.91 Å². The van der Waals surface area contributed by atoms with E-state index >= 15 is 0 Å². The summed E-state index contributed by atoms with van der Waals surface area (Å²) >= 11 is 0. The lowest BCUT2D eigenvalue weighted by Gasteiger charge is -2.23. The van der Waals surface area contributed by atoms with Gasteiger partial charge in [0, 0.05) is 31.6 Å². The number of rotatable bonds is 5. The molecule has 8 heteroatoms. The van der Waals surface area contributed by atoms with Gasteiger partial charge in [-0.1, -0.05) is 12.1 Å². The molecule has 1 aliphatic rings. The molecule has 1 fully saturated rings. The Morgan fingerprint density at radius 2 is 2.00 bits per heavy atom. The number of likely N-dealkylation sites (N-methyl/N-ethyl adjacent to an activating group) is 1. The molecule has 24 heavy (non-hydrogen) atoms. The van der Waals surface area contributed by atoms with Gasteiger partial charge in [0.15, 0.2) is 0 Å². The minimum absolute atomic E-state index is 0.118. The Bertz CT molecular complexity index is 578. The Morgan fingerprint density at radius 1 is 1.33 bits per heavy atom. The molecule has 2 atom stereocenters. The number of hydrogen-bond donors (Lipinski definition) is 1. The fraction of sp³-hybridized carbons (Fsp3) is 0.562. The third-order valence-corrected chi connectivity index (χ3v) is 3.90. The molecule has 0 radical (unpaired) electrons. The lowest BCUT2D eigenvalue weighted by Crippen LogP contribution is -2.43. The average molecular weight is 345 g/mol. The number of ether oxygens (including phenoxy) is 1. The van der Waals surface area contributed by atoms with E-state index in [1.807, 2.05) is 26.0 Å². The first-order valence-electron chi connectivity index (χ1n) is 7.64. The van der Waals surface area contributed by atoms with Crippen LogP contribution >= 0.6 is 0 Å². The van der Waals surface area contributed by atoms with Gasteiger partial charge in [-0.05, 0) is 33.3 Å². The van der Waals surface area contributed by atoms with E-state index in [0.717, 1.165) is 19.2 Å². The molecule has 0 aromatic heterocycles. The first-order chi connectivity index (χ1) is 11.2. The van der Waals surface area contributed by atoms with Gasteiger partial charge in [-0.15, -0.1) is 13.2 Å². The smallest absolute Gasteiger partial charge is 0.405 e. The first kappa shape index (κ1) is 18.5. The summed E-state index contributed by atoms with van der Waals surface area (Å²) in [7, 11) is 5.85. The predicted octanol–water partition coefficient (Wildman–Crippen LogP) is 1.81. The molecule has 0 aliphatic carbocycles. The molecule has 1 aliphatic heterocycles. The molecule has 2 rings (SSSR count). The van der Waals surface area contributed by atoms with Gasteiger partial charge in [0.05, 0.1) is 5.56 Å². The van der Waals surface area contributed by atoms with Crippen molar-refractivity contribution in [2.75, 3.05) is 40.8 Å². The van der Waals surface area contributed by atoms with Crippen LogP contribution in [-0.4, -0.2) is 68.9 Å². The molecule has 0 bridgehead atoms. The highest BCUT2D eigenvalue weighted by molar-refractivity contribution is 5.97. The van der Waals surface area contributed by atoms with Crippen molar-refractivity contribution < 1.29 is 22.7 Å². The third kappa shape index (κ3) is 5.10. The topological polar surface area (TPSA) is 44.8 Å². The van der Waals surface area contributed by atoms with Crippen LogP contribution in [0.4, 0.5) is 13.2 Å². The second kappa shape index (κ2) is 7.40. The van der Waals surface area contributed by atoms with Crippen LogP contribution in [0.5, 0.6) is 5.75 Å². The van der Waals surface area contributed by atoms with E-state index in [-0.39, 0.29) is 17.5 Å². The maximum absolute atomic E-state index is 12.5. The fourth-order valence-electron chi connectivity index (χ4n) is 3.02. The number of hydrogen-bond acceptors (Lipinski definition) is 4. The van der Waals surface area contributed by atoms with Gasteiger partial charge in [-0.25, -0.2) is 0 Å². The summed E-state index contributed by atoms with van der Waals surface area (Å²) in [6.07, 6.45) is -4.84. The van der Waals surface area contributed by atoms with Gasteiger partial charge >= 0.3 is 6.36 Å². The Morgan fingerprint density at radius 3 is 2.62 bits per heavy atom. The van der Waals surface area contributed by atoms with Crippen molar-refractivity contribution in [3.63, 3.8) is 0 Å². The zero-order valence-electron chi connectivity index (χ0n) is 13.9. The van der Waals surface area contributed by atoms with Crippen molar-refractivity contribution in [3.8, 4) is 5.75 Å². The molecule has 1 heterocycles. The Kier molecular flexibility index (Phi) is 5.71. The van der Waals surface area contributed by atoms with Crippen LogP contribution in [0.3, 0.4) is 0 Å². The zero-order chi connectivity index (χ0) is 17.9. The number of carbonyl (C=O) groups is 1. The van der Waals surface area contributed by atoms with Crippen molar-refractivity contribution in [1.82, 2.24) is 15.1 Å². The lowest BCUT2D eigenvalue weighted by molar-refractivity contribution is -0.274. The molecule has 5 nitrogen and oxygen atoms in total. The second-order valence-electron chi connectivity index (χ2n) is 6.37. The molecule has 1 saturated heterocycles. The van der Waals surface area contributed by atoms with Crippen LogP contribution in [0.25, 0.3) is 0 Å². The van der Waals surface area contributed by atoms with Crippen molar-refractivity contribution in [3.05, 3.63) is 29.8 Å². The van der Waals surface area contributed by atoms with Crippen molar-refractivity contribution in [2.45, 2.75) is 12.4 Å². The molecule has 0 spiro atoms. The van der Waals surface area contributed by atoms with E-state index in [0.29, 0.717) is 6.54 Å². The van der Waals surface area contributed by atoms with E-state index in [1.165, 1.54) is 18.2 Å². The third-order valence-electron chi connectivity index (χ3n) is 3.90. The van der Waals surface area contributed by atoms with Crippen molar-refractivity contribution in [2.24, 2.45) is 5.92 Å². The zero-order valence-corrected chi connectivity index (χ0v) is 13.9. The van der Waals surface area contributed by atoms with Gasteiger partial charge < -0.3 is 19.9 Å². The number of halogens is 3. The summed E-state index contributed by atoms with van der Waals surface area (Å²) in [6.45, 7) is 2.27. The Balaban J connectivity index is 2.12. The molecular formula is C16H22F3N3O2. The lowest BCUT2D eigenvalue weighted by atomic mass is 10.0. The van der Waals surface area contributed by atoms with Crippen molar-refractivity contribution >= 4 is 5.91 Å². The maximum atomic E-state index is 12.5. The second-order valence-corrected chi connectivity index (χ2v) is 6.37. The summed E-state index contributed by atoms with van der Waals surface area (Å²) < 4.78 is 41.4. The highest BCUT2D eigenvalue weighted by Gasteiger charge is 2.35. The molecular weight excluding hydrogens is 323 g/mol. The number of para-hydroxylation sites is 1. The fourth-order valence-corrected chi connectivity index (χ4v) is 3.02. The number of amides is 1. The number of nitrogens with one attached hydrogen (secondary N) is 1. The van der Waals surface area contributed by atoms with Gasteiger partial charge in [-0.2, -0.15) is 0 Å². The highest BCUT2D eigenvalue weighted by atomic mass is 19.4. The van der Waals surface area contributed by atoms with E-state index in [9.17, 15) is 18.0 Å². The molecule has 2 unspecified atom stereocenters. The molecule has 1 aromatic rings. The monoisotopic (exact) mass is 345 g/mol. The van der Waals surface area contributed by atoms with Crippen LogP contribution in [0.1, 0.15) is 10.4 Å². The largest absolute Gasteiger partial charge is 0.573 e. The summed E-state index contributed by atoms with van der Waals surface area (Å²) in [5, 5.41) is 2.85. The number of likely N-dealkylation sites (tertiary alicyclic amines) is 1. The molecule has 1 N–H and O–H groups in total. The molecule has 1 aromatic carbocycles. The van der Waals surface area contributed by atoms with Crippen LogP contribution in [-0.2, 0) is 0 Å². The minimum atomic E-state index is -4.84. The summed E-state index contributed by atoms with van der Waals surface area (Å²) in [4.78, 5) is 16.6. The first-order valence-corrected chi connectivity index (χ1v) is 7.64. The van der Waals surface area contributed by atoms with Gasteiger partial charge in [0.2, 0.25) is 0 Å². The standard InChI is InChI=1S/C16H22F3N3O2/c1-21(2)8-11-9-22(3)10-13(11)20-15(23)12-6-4-5-7-14(12)24-16(17,18)19/h4-7,11,13H,8-10H2,1-3H3,(H,20,23). The van der Waals surface area contributed by atoms with Crippen LogP contribution < -0.4 is 10.1 Å². The van der Waals surface area contributed by atoms with Crippen LogP contribution in [0, 0.1) is 5.92 Å². The SMILES string of the molecule is CN(C)CC1CN(C)CC1NC(=O)c1ccccc1OC(F)(F)F. The summed E-state index contributed by atoms with van der Waals surface area (Å²) in [5.41, 5.74) is -0.118. The molecule has 1 amide bonds. The van der Waals surface area contributed by atoms with E-state index in [2.05, 4.69) is 15.0 Å². The minimum Gasteiger partial charge on any atom is -0.405 e. The van der Waals surface area contributed by atoms with E-state index < -0.39 is 18.0 Å². The predicted molar refractivity (Wildman–Crippen MR) is 83.9 cm³/mol. The van der Waals surface area contributed by atoms with E-state index in [4.69, 9.17) is 0 Å². The highest BCUT2D eigenvalue weighted by Crippen LogP contribution is 2.26. The summed E-state index contributed by atoms with van der Waals surface area (Å²) in [6, 6.07) is 5.26. The number of benzene rings is 1. The van der Waals surface area contributed by atoms with E-state index in [1.54, 1.807) is 0 Å². The van der Waals surface area contributed by atoms with Crippen molar-refractivity contribution in [1.29, 1.82) is 0 Å². The normalized spacial score (nSPS) is 22.0. The molecule has 0 saturated carbocycles. The van der Waals surface area contributed by atoms with Gasteiger partial charge in [-0.3, -0.25) is 4.79 Å². The van der Waals surface area contributed by atoms with Gasteiger partial charge in [0.1, 0.15) is 5.75 Å². The number of alkyl halides is 3. The maximum Gasteiger partial charge on any atom is 0.573 e. The number of nitrogens with zero attached hydrogens (tertiary/aromatic N) is 2. The van der Waals surface area contributed by atoms with Crippen LogP contribution in [0.2, 0.25) is 0 Å². The molecule has 134 valence electrons. The Hall–Kier alpha value is -1.80. The average Bonchev–Trinajstić information content (AvgIpc) is 2.76. The quantitative estimate of drug-likeness (QED) is 0.884. The van der Waals surface area contributed by atoms with Crippen LogP contribution in [0.15, 0.2) is 24.3 Å². The number of carbonyl (C=O) groups excluding carboxylic acids is 1. The Labute approximate surface area is 139 Å².